The maximum Gasteiger partial charge on any atom is 0.315 e. The van der Waals surface area contributed by atoms with Gasteiger partial charge in [-0.2, -0.15) is 0 Å². The quantitative estimate of drug-likeness (QED) is 0.594. The Morgan fingerprint density at radius 3 is 2.25 bits per heavy atom. The highest BCUT2D eigenvalue weighted by Crippen LogP contribution is 2.27. The zero-order valence-electron chi connectivity index (χ0n) is 18.2. The van der Waals surface area contributed by atoms with Crippen LogP contribution < -0.4 is 16.0 Å². The van der Waals surface area contributed by atoms with Gasteiger partial charge in [-0.05, 0) is 48.1 Å². The molecule has 1 saturated carbocycles. The number of likely N-dealkylation sites (tertiary alicyclic amines) is 1. The van der Waals surface area contributed by atoms with Crippen LogP contribution >= 0.6 is 0 Å². The van der Waals surface area contributed by atoms with Crippen LogP contribution in [-0.2, 0) is 29.2 Å². The van der Waals surface area contributed by atoms with E-state index in [1.807, 2.05) is 53.4 Å². The fourth-order valence-corrected chi connectivity index (χ4v) is 4.03. The number of carbonyl (C=O) groups is 3. The van der Waals surface area contributed by atoms with Crippen molar-refractivity contribution in [3.63, 3.8) is 0 Å². The fourth-order valence-electron chi connectivity index (χ4n) is 4.03. The molecule has 4 rings (SSSR count). The molecule has 1 saturated heterocycles. The summed E-state index contributed by atoms with van der Waals surface area (Å²) in [4.78, 5) is 38.1. The number of rotatable bonds is 8. The number of nitrogens with one attached hydrogen (secondary N) is 3. The molecule has 2 aliphatic rings. The summed E-state index contributed by atoms with van der Waals surface area (Å²) >= 11 is 0. The Morgan fingerprint density at radius 1 is 0.906 bits per heavy atom. The van der Waals surface area contributed by atoms with Gasteiger partial charge in [-0.3, -0.25) is 9.59 Å². The molecule has 168 valence electrons. The van der Waals surface area contributed by atoms with Crippen LogP contribution in [0.5, 0.6) is 0 Å². The first-order valence-corrected chi connectivity index (χ1v) is 11.3. The topological polar surface area (TPSA) is 90.5 Å². The van der Waals surface area contributed by atoms with E-state index in [2.05, 4.69) is 16.0 Å². The van der Waals surface area contributed by atoms with Gasteiger partial charge in [0.05, 0.1) is 0 Å². The molecular weight excluding hydrogens is 404 g/mol. The minimum atomic E-state index is -0.256. The third-order valence-electron chi connectivity index (χ3n) is 6.11. The molecular formula is C25H30N4O3. The van der Waals surface area contributed by atoms with Crippen molar-refractivity contribution in [3.05, 3.63) is 65.2 Å². The lowest BCUT2D eigenvalue weighted by Gasteiger charge is -2.24. The standard InChI is InChI=1S/C25H30N4O3/c30-23-11-4-12-29(23)17-20-7-1-5-18(13-20)15-26-25(32)27-16-19-6-2-10-22(14-19)28-24(31)21-8-3-9-21/h1-2,5-7,10,13-14,21H,3-4,8-9,11-12,15-17H2,(H,28,31)(H2,26,27,32). The molecule has 0 spiro atoms. The number of urea groups is 1. The molecule has 7 nitrogen and oxygen atoms in total. The first-order chi connectivity index (χ1) is 15.6. The van der Waals surface area contributed by atoms with Gasteiger partial charge in [0.25, 0.3) is 0 Å². The van der Waals surface area contributed by atoms with E-state index in [1.165, 1.54) is 0 Å². The van der Waals surface area contributed by atoms with Gasteiger partial charge < -0.3 is 20.9 Å². The summed E-state index contributed by atoms with van der Waals surface area (Å²) in [7, 11) is 0. The Hall–Kier alpha value is -3.35. The summed E-state index contributed by atoms with van der Waals surface area (Å²) in [5.74, 6) is 0.423. The number of hydrogen-bond acceptors (Lipinski definition) is 3. The zero-order valence-corrected chi connectivity index (χ0v) is 18.2. The van der Waals surface area contributed by atoms with Crippen LogP contribution in [0, 0.1) is 5.92 Å². The summed E-state index contributed by atoms with van der Waals surface area (Å²) in [5, 5.41) is 8.69. The van der Waals surface area contributed by atoms with Crippen molar-refractivity contribution in [1.29, 1.82) is 0 Å². The Bertz CT molecular complexity index is 987. The first kappa shape index (κ1) is 21.9. The van der Waals surface area contributed by atoms with Gasteiger partial charge in [0, 0.05) is 44.2 Å². The van der Waals surface area contributed by atoms with Crippen molar-refractivity contribution in [3.8, 4) is 0 Å². The van der Waals surface area contributed by atoms with Gasteiger partial charge in [0.15, 0.2) is 0 Å². The predicted molar refractivity (Wildman–Crippen MR) is 123 cm³/mol. The summed E-state index contributed by atoms with van der Waals surface area (Å²) in [6, 6.07) is 15.2. The number of benzene rings is 2. The third-order valence-corrected chi connectivity index (χ3v) is 6.11. The van der Waals surface area contributed by atoms with Crippen LogP contribution in [0.2, 0.25) is 0 Å². The van der Waals surface area contributed by atoms with Crippen molar-refractivity contribution < 1.29 is 14.4 Å². The Labute approximate surface area is 188 Å². The number of amides is 4. The average molecular weight is 435 g/mol. The molecule has 1 aliphatic carbocycles. The molecule has 1 heterocycles. The van der Waals surface area contributed by atoms with E-state index in [0.717, 1.165) is 54.6 Å². The zero-order chi connectivity index (χ0) is 22.3. The van der Waals surface area contributed by atoms with E-state index in [9.17, 15) is 14.4 Å². The number of nitrogens with zero attached hydrogens (tertiary/aromatic N) is 1. The van der Waals surface area contributed by atoms with Crippen LogP contribution in [0.25, 0.3) is 0 Å². The second kappa shape index (κ2) is 10.3. The summed E-state index contributed by atoms with van der Waals surface area (Å²) in [5.41, 5.74) is 3.74. The van der Waals surface area contributed by atoms with Crippen molar-refractivity contribution in [2.45, 2.75) is 51.7 Å². The number of carbonyl (C=O) groups excluding carboxylic acids is 3. The van der Waals surface area contributed by atoms with E-state index >= 15 is 0 Å². The smallest absolute Gasteiger partial charge is 0.315 e. The number of anilines is 1. The van der Waals surface area contributed by atoms with Gasteiger partial charge in [0.2, 0.25) is 11.8 Å². The van der Waals surface area contributed by atoms with E-state index in [4.69, 9.17) is 0 Å². The van der Waals surface area contributed by atoms with Gasteiger partial charge in [-0.1, -0.05) is 42.8 Å². The van der Waals surface area contributed by atoms with E-state index < -0.39 is 0 Å². The SMILES string of the molecule is O=C(NCc1cccc(CN2CCCC2=O)c1)NCc1cccc(NC(=O)C2CCC2)c1. The van der Waals surface area contributed by atoms with Gasteiger partial charge >= 0.3 is 6.03 Å². The normalized spacial score (nSPS) is 15.9. The largest absolute Gasteiger partial charge is 0.338 e. The van der Waals surface area contributed by atoms with E-state index in [1.54, 1.807) is 0 Å². The van der Waals surface area contributed by atoms with Crippen LogP contribution in [0.4, 0.5) is 10.5 Å². The molecule has 2 aromatic rings. The molecule has 7 heteroatoms. The molecule has 32 heavy (non-hydrogen) atoms. The summed E-state index contributed by atoms with van der Waals surface area (Å²) < 4.78 is 0. The highest BCUT2D eigenvalue weighted by atomic mass is 16.2. The maximum atomic E-state index is 12.2. The van der Waals surface area contributed by atoms with Crippen LogP contribution in [0.3, 0.4) is 0 Å². The first-order valence-electron chi connectivity index (χ1n) is 11.3. The molecule has 0 unspecified atom stereocenters. The maximum absolute atomic E-state index is 12.2. The van der Waals surface area contributed by atoms with Crippen LogP contribution in [-0.4, -0.2) is 29.3 Å². The lowest BCUT2D eigenvalue weighted by Crippen LogP contribution is -2.34. The molecule has 0 bridgehead atoms. The Kier molecular flexibility index (Phi) is 7.04. The minimum Gasteiger partial charge on any atom is -0.338 e. The fraction of sp³-hybridized carbons (Fsp3) is 0.400. The molecule has 3 N–H and O–H groups in total. The Morgan fingerprint density at radius 2 is 1.59 bits per heavy atom. The second-order valence-electron chi connectivity index (χ2n) is 8.59. The number of hydrogen-bond donors (Lipinski definition) is 3. The highest BCUT2D eigenvalue weighted by Gasteiger charge is 2.25. The van der Waals surface area contributed by atoms with Crippen LogP contribution in [0.1, 0.15) is 48.8 Å². The molecule has 2 fully saturated rings. The molecule has 1 aliphatic heterocycles. The van der Waals surface area contributed by atoms with Crippen molar-refractivity contribution in [2.24, 2.45) is 5.92 Å². The van der Waals surface area contributed by atoms with E-state index in [-0.39, 0.29) is 23.8 Å². The summed E-state index contributed by atoms with van der Waals surface area (Å²) in [6.45, 7) is 2.21. The van der Waals surface area contributed by atoms with Crippen molar-refractivity contribution in [1.82, 2.24) is 15.5 Å². The lowest BCUT2D eigenvalue weighted by molar-refractivity contribution is -0.128. The van der Waals surface area contributed by atoms with Gasteiger partial charge in [0.1, 0.15) is 0 Å². The minimum absolute atomic E-state index is 0.0791. The molecule has 4 amide bonds. The van der Waals surface area contributed by atoms with Gasteiger partial charge in [-0.25, -0.2) is 4.79 Å². The van der Waals surface area contributed by atoms with Crippen molar-refractivity contribution in [2.75, 3.05) is 11.9 Å². The lowest BCUT2D eigenvalue weighted by atomic mass is 9.85. The monoisotopic (exact) mass is 434 g/mol. The predicted octanol–water partition coefficient (Wildman–Crippen LogP) is 3.55. The van der Waals surface area contributed by atoms with Crippen molar-refractivity contribution >= 4 is 23.5 Å². The third kappa shape index (κ3) is 5.87. The molecule has 0 aromatic heterocycles. The van der Waals surface area contributed by atoms with Crippen LogP contribution in [0.15, 0.2) is 48.5 Å². The van der Waals surface area contributed by atoms with Gasteiger partial charge in [-0.15, -0.1) is 0 Å². The van der Waals surface area contributed by atoms with E-state index in [0.29, 0.717) is 26.1 Å². The molecule has 2 aromatic carbocycles. The second-order valence-corrected chi connectivity index (χ2v) is 8.59. The molecule has 0 atom stereocenters. The summed E-state index contributed by atoms with van der Waals surface area (Å²) in [6.07, 6.45) is 4.62. The average Bonchev–Trinajstić information content (AvgIpc) is 3.14. The molecule has 0 radical (unpaired) electrons. The Balaban J connectivity index is 1.22. The highest BCUT2D eigenvalue weighted by molar-refractivity contribution is 5.93.